The second-order valence-corrected chi connectivity index (χ2v) is 9.09. The van der Waals surface area contributed by atoms with Gasteiger partial charge >= 0.3 is 5.97 Å². The minimum atomic E-state index is -3.88. The van der Waals surface area contributed by atoms with E-state index in [9.17, 15) is 13.2 Å². The molecule has 24 heavy (non-hydrogen) atoms. The maximum Gasteiger partial charge on any atom is 0.349 e. The summed E-state index contributed by atoms with van der Waals surface area (Å²) in [5, 5.41) is 7.26. The van der Waals surface area contributed by atoms with Crippen molar-refractivity contribution in [2.45, 2.75) is 10.9 Å². The monoisotopic (exact) mass is 399 g/mol. The summed E-state index contributed by atoms with van der Waals surface area (Å²) in [6.45, 7) is 0. The average Bonchev–Trinajstić information content (AvgIpc) is 3.34. The lowest BCUT2D eigenvalue weighted by Crippen LogP contribution is -2.29. The molecule has 0 saturated carbocycles. The number of ether oxygens (including phenoxy) is 1. The lowest BCUT2D eigenvalue weighted by molar-refractivity contribution is 0.0602. The molecule has 3 rings (SSSR count). The van der Waals surface area contributed by atoms with E-state index in [0.717, 1.165) is 21.8 Å². The fourth-order valence-electron chi connectivity index (χ4n) is 2.15. The first kappa shape index (κ1) is 17.3. The molecular formula is C15H13NO4S4. The molecule has 0 bridgehead atoms. The molecule has 9 heteroatoms. The highest BCUT2D eigenvalue weighted by atomic mass is 32.2. The van der Waals surface area contributed by atoms with Gasteiger partial charge in [0.2, 0.25) is 10.0 Å². The maximum atomic E-state index is 12.8. The Bertz CT molecular complexity index is 877. The molecule has 126 valence electrons. The molecule has 1 N–H and O–H groups in total. The molecule has 3 heterocycles. The molecule has 3 aromatic rings. The van der Waals surface area contributed by atoms with E-state index in [2.05, 4.69) is 9.46 Å². The van der Waals surface area contributed by atoms with Gasteiger partial charge in [0, 0.05) is 4.88 Å². The van der Waals surface area contributed by atoms with Crippen molar-refractivity contribution in [2.24, 2.45) is 0 Å². The highest BCUT2D eigenvalue weighted by Crippen LogP contribution is 2.31. The van der Waals surface area contributed by atoms with Crippen molar-refractivity contribution in [1.82, 2.24) is 4.72 Å². The van der Waals surface area contributed by atoms with Crippen LogP contribution in [0.15, 0.2) is 50.7 Å². The first-order valence-corrected chi connectivity index (χ1v) is 10.9. The number of carbonyl (C=O) groups excluding carboxylic acids is 1. The number of esters is 1. The molecular weight excluding hydrogens is 386 g/mol. The first-order valence-electron chi connectivity index (χ1n) is 6.76. The van der Waals surface area contributed by atoms with E-state index in [4.69, 9.17) is 0 Å². The van der Waals surface area contributed by atoms with E-state index in [0.29, 0.717) is 0 Å². The van der Waals surface area contributed by atoms with Gasteiger partial charge in [-0.15, -0.1) is 22.7 Å². The van der Waals surface area contributed by atoms with E-state index < -0.39 is 22.0 Å². The van der Waals surface area contributed by atoms with E-state index in [1.54, 1.807) is 5.38 Å². The molecule has 0 aromatic carbocycles. The van der Waals surface area contributed by atoms with Gasteiger partial charge in [0.15, 0.2) is 0 Å². The SMILES string of the molecule is COC(=O)c1sccc1S(=O)(=O)N[C@H](c1ccsc1)c1cccs1. The zero-order chi connectivity index (χ0) is 17.2. The number of rotatable bonds is 6. The van der Waals surface area contributed by atoms with Crippen LogP contribution >= 0.6 is 34.0 Å². The van der Waals surface area contributed by atoms with Crippen LogP contribution in [0, 0.1) is 0 Å². The summed E-state index contributed by atoms with van der Waals surface area (Å²) in [5.41, 5.74) is 0.862. The van der Waals surface area contributed by atoms with Crippen LogP contribution in [0.3, 0.4) is 0 Å². The summed E-state index contributed by atoms with van der Waals surface area (Å²) < 4.78 is 33.0. The standard InChI is InChI=1S/C15H13NO4S4/c1-20-15(17)14-12(5-8-23-14)24(18,19)16-13(10-4-7-21-9-10)11-3-2-6-22-11/h2-9,13,16H,1H3/t13-/m1/s1. The minimum absolute atomic E-state index is 0.0591. The van der Waals surface area contributed by atoms with Crippen LogP contribution in [0.5, 0.6) is 0 Å². The average molecular weight is 400 g/mol. The molecule has 0 spiro atoms. The molecule has 1 atom stereocenters. The number of carbonyl (C=O) groups is 1. The Morgan fingerprint density at radius 2 is 2.00 bits per heavy atom. The number of hydrogen-bond donors (Lipinski definition) is 1. The van der Waals surface area contributed by atoms with Gasteiger partial charge in [-0.2, -0.15) is 16.1 Å². The smallest absolute Gasteiger partial charge is 0.349 e. The van der Waals surface area contributed by atoms with Crippen LogP contribution < -0.4 is 4.72 Å². The van der Waals surface area contributed by atoms with Gasteiger partial charge in [-0.25, -0.2) is 13.2 Å². The topological polar surface area (TPSA) is 72.5 Å². The van der Waals surface area contributed by atoms with Crippen molar-refractivity contribution in [3.05, 3.63) is 61.1 Å². The Balaban J connectivity index is 1.98. The highest BCUT2D eigenvalue weighted by Gasteiger charge is 2.29. The van der Waals surface area contributed by atoms with Gasteiger partial charge in [-0.05, 0) is 45.3 Å². The van der Waals surface area contributed by atoms with Gasteiger partial charge < -0.3 is 4.74 Å². The van der Waals surface area contributed by atoms with E-state index in [-0.39, 0.29) is 9.77 Å². The Morgan fingerprint density at radius 3 is 2.62 bits per heavy atom. The zero-order valence-corrected chi connectivity index (χ0v) is 15.7. The van der Waals surface area contributed by atoms with Gasteiger partial charge in [-0.1, -0.05) is 6.07 Å². The van der Waals surface area contributed by atoms with E-state index in [1.165, 1.54) is 35.8 Å². The van der Waals surface area contributed by atoms with Crippen LogP contribution in [-0.4, -0.2) is 21.5 Å². The highest BCUT2D eigenvalue weighted by molar-refractivity contribution is 7.89. The van der Waals surface area contributed by atoms with Gasteiger partial charge in [0.25, 0.3) is 0 Å². The fourth-order valence-corrected chi connectivity index (χ4v) is 6.26. The quantitative estimate of drug-likeness (QED) is 0.641. The van der Waals surface area contributed by atoms with Crippen LogP contribution in [0.25, 0.3) is 0 Å². The summed E-state index contributed by atoms with van der Waals surface area (Å²) in [6.07, 6.45) is 0. The summed E-state index contributed by atoms with van der Waals surface area (Å²) in [7, 11) is -2.66. The maximum absolute atomic E-state index is 12.8. The normalized spacial score (nSPS) is 12.9. The molecule has 3 aromatic heterocycles. The number of sulfonamides is 1. The Morgan fingerprint density at radius 1 is 1.17 bits per heavy atom. The first-order chi connectivity index (χ1) is 11.5. The second kappa shape index (κ2) is 7.16. The lowest BCUT2D eigenvalue weighted by Gasteiger charge is -2.16. The molecule has 0 aliphatic heterocycles. The van der Waals surface area contributed by atoms with Crippen LogP contribution in [-0.2, 0) is 14.8 Å². The lowest BCUT2D eigenvalue weighted by atomic mass is 10.1. The summed E-state index contributed by atoms with van der Waals surface area (Å²) in [4.78, 5) is 12.7. The molecule has 0 unspecified atom stereocenters. The second-order valence-electron chi connectivity index (χ2n) is 4.73. The predicted molar refractivity (Wildman–Crippen MR) is 96.5 cm³/mol. The van der Waals surface area contributed by atoms with Crippen molar-refractivity contribution in [3.63, 3.8) is 0 Å². The molecule has 0 aliphatic carbocycles. The summed E-state index contributed by atoms with van der Waals surface area (Å²) in [6, 6.07) is 6.56. The van der Waals surface area contributed by atoms with Gasteiger partial charge in [0.1, 0.15) is 9.77 Å². The number of thiophene rings is 3. The molecule has 0 aliphatic rings. The predicted octanol–water partition coefficient (Wildman–Crippen LogP) is 3.73. The third-order valence-electron chi connectivity index (χ3n) is 3.27. The van der Waals surface area contributed by atoms with Crippen molar-refractivity contribution in [3.8, 4) is 0 Å². The largest absolute Gasteiger partial charge is 0.465 e. The summed E-state index contributed by atoms with van der Waals surface area (Å²) in [5.74, 6) is -0.659. The molecule has 0 saturated heterocycles. The molecule has 0 fully saturated rings. The number of methoxy groups -OCH3 is 1. The molecule has 0 amide bonds. The van der Waals surface area contributed by atoms with Crippen LogP contribution in [0.2, 0.25) is 0 Å². The Kier molecular flexibility index (Phi) is 5.16. The van der Waals surface area contributed by atoms with Crippen molar-refractivity contribution >= 4 is 50.0 Å². The zero-order valence-electron chi connectivity index (χ0n) is 12.5. The Hall–Kier alpha value is -1.52. The molecule has 5 nitrogen and oxygen atoms in total. The van der Waals surface area contributed by atoms with Gasteiger partial charge in [-0.3, -0.25) is 0 Å². The van der Waals surface area contributed by atoms with Crippen molar-refractivity contribution in [1.29, 1.82) is 0 Å². The third-order valence-corrected chi connectivity index (χ3v) is 7.39. The van der Waals surface area contributed by atoms with E-state index in [1.807, 2.05) is 34.3 Å². The number of hydrogen-bond acceptors (Lipinski definition) is 7. The van der Waals surface area contributed by atoms with Crippen molar-refractivity contribution in [2.75, 3.05) is 7.11 Å². The molecule has 0 radical (unpaired) electrons. The Labute approximate surface area is 151 Å². The van der Waals surface area contributed by atoms with Crippen LogP contribution in [0.4, 0.5) is 0 Å². The number of nitrogens with one attached hydrogen (secondary N) is 1. The fraction of sp³-hybridized carbons (Fsp3) is 0.133. The summed E-state index contributed by atoms with van der Waals surface area (Å²) >= 11 is 4.01. The van der Waals surface area contributed by atoms with Gasteiger partial charge in [0.05, 0.1) is 13.2 Å². The van der Waals surface area contributed by atoms with Crippen LogP contribution in [0.1, 0.15) is 26.2 Å². The third kappa shape index (κ3) is 3.45. The van der Waals surface area contributed by atoms with E-state index >= 15 is 0 Å². The van der Waals surface area contributed by atoms with Crippen molar-refractivity contribution < 1.29 is 17.9 Å². The minimum Gasteiger partial charge on any atom is -0.465 e.